The molecule has 3 aromatic rings. The second-order valence-electron chi connectivity index (χ2n) is 14.0. The Morgan fingerprint density at radius 3 is 2.47 bits per heavy atom. The summed E-state index contributed by atoms with van der Waals surface area (Å²) in [5.74, 6) is 0.517. The molecule has 1 unspecified atom stereocenters. The lowest BCUT2D eigenvalue weighted by Crippen LogP contribution is -2.55. The van der Waals surface area contributed by atoms with Crippen LogP contribution in [0.5, 0.6) is 0 Å². The lowest BCUT2D eigenvalue weighted by atomic mass is 9.58. The van der Waals surface area contributed by atoms with Crippen molar-refractivity contribution in [3.63, 3.8) is 0 Å². The van der Waals surface area contributed by atoms with E-state index in [4.69, 9.17) is 4.74 Å². The number of nitrogens with zero attached hydrogens (tertiary/aromatic N) is 5. The molecule has 1 amide bonds. The SMILES string of the molecule is CNC(=O)O[C@H]1CCC[C@@H]1C(Cn1ccnn1)(c1cccc(F)c1)C1CCN(CC2CN(c3ccc(S(=O)(=O)C4CC4)cc3)C2)CC1. The maximum atomic E-state index is 14.9. The van der Waals surface area contributed by atoms with Crippen molar-refractivity contribution in [3.8, 4) is 0 Å². The Morgan fingerprint density at radius 2 is 1.81 bits per heavy atom. The van der Waals surface area contributed by atoms with Gasteiger partial charge in [0.05, 0.1) is 22.9 Å². The van der Waals surface area contributed by atoms with Crippen molar-refractivity contribution < 1.29 is 22.3 Å². The molecule has 3 atom stereocenters. The molecule has 4 fully saturated rings. The van der Waals surface area contributed by atoms with E-state index in [0.717, 1.165) is 88.9 Å². The maximum absolute atomic E-state index is 14.9. The predicted molar refractivity (Wildman–Crippen MR) is 176 cm³/mol. The van der Waals surface area contributed by atoms with E-state index in [2.05, 4.69) is 25.4 Å². The smallest absolute Gasteiger partial charge is 0.407 e. The number of sulfone groups is 1. The van der Waals surface area contributed by atoms with Crippen molar-refractivity contribution in [1.29, 1.82) is 0 Å². The van der Waals surface area contributed by atoms with Crippen molar-refractivity contribution in [2.75, 3.05) is 44.7 Å². The van der Waals surface area contributed by atoms with E-state index in [0.29, 0.717) is 17.4 Å². The highest BCUT2D eigenvalue weighted by Gasteiger charge is 2.53. The first kappa shape index (κ1) is 32.1. The number of ether oxygens (including phenoxy) is 1. The third-order valence-corrected chi connectivity index (χ3v) is 13.4. The molecule has 12 heteroatoms. The number of amides is 1. The zero-order chi connectivity index (χ0) is 32.6. The Balaban J connectivity index is 1.05. The van der Waals surface area contributed by atoms with Gasteiger partial charge in [0.2, 0.25) is 0 Å². The molecule has 2 saturated heterocycles. The molecule has 0 bridgehead atoms. The van der Waals surface area contributed by atoms with Crippen molar-refractivity contribution in [3.05, 3.63) is 72.3 Å². The fourth-order valence-corrected chi connectivity index (χ4v) is 10.3. The molecule has 3 heterocycles. The third-order valence-electron chi connectivity index (χ3n) is 11.1. The van der Waals surface area contributed by atoms with Gasteiger partial charge in [0.15, 0.2) is 9.84 Å². The van der Waals surface area contributed by atoms with Gasteiger partial charge >= 0.3 is 6.09 Å². The van der Waals surface area contributed by atoms with E-state index >= 15 is 0 Å². The van der Waals surface area contributed by atoms with Crippen molar-refractivity contribution >= 4 is 21.6 Å². The highest BCUT2D eigenvalue weighted by Crippen LogP contribution is 2.52. The number of anilines is 1. The summed E-state index contributed by atoms with van der Waals surface area (Å²) >= 11 is 0. The Bertz CT molecular complexity index is 1640. The van der Waals surface area contributed by atoms with Gasteiger partial charge in [-0.05, 0) is 106 Å². The van der Waals surface area contributed by atoms with Crippen molar-refractivity contribution in [1.82, 2.24) is 25.2 Å². The predicted octanol–water partition coefficient (Wildman–Crippen LogP) is 4.66. The van der Waals surface area contributed by atoms with E-state index in [1.165, 1.54) is 6.07 Å². The van der Waals surface area contributed by atoms with Crippen LogP contribution in [0.2, 0.25) is 0 Å². The van der Waals surface area contributed by atoms with Gasteiger partial charge < -0.3 is 19.9 Å². The number of nitrogens with one attached hydrogen (secondary N) is 1. The topological polar surface area (TPSA) is 110 Å². The number of carbonyl (C=O) groups excluding carboxylic acids is 1. The second-order valence-corrected chi connectivity index (χ2v) is 16.2. The van der Waals surface area contributed by atoms with E-state index in [1.807, 2.05) is 29.1 Å². The number of likely N-dealkylation sites (tertiary alicyclic amines) is 1. The van der Waals surface area contributed by atoms with Gasteiger partial charge in [0, 0.05) is 55.8 Å². The van der Waals surface area contributed by atoms with Crippen LogP contribution < -0.4 is 10.2 Å². The van der Waals surface area contributed by atoms with Gasteiger partial charge in [0.25, 0.3) is 0 Å². The van der Waals surface area contributed by atoms with Crippen LogP contribution in [-0.4, -0.2) is 85.5 Å². The van der Waals surface area contributed by atoms with Crippen LogP contribution in [0.4, 0.5) is 14.9 Å². The molecule has 2 aliphatic heterocycles. The fraction of sp³-hybridized carbons (Fsp3) is 0.571. The number of hydrogen-bond donors (Lipinski definition) is 1. The summed E-state index contributed by atoms with van der Waals surface area (Å²) in [6, 6.07) is 14.4. The maximum Gasteiger partial charge on any atom is 0.407 e. The van der Waals surface area contributed by atoms with Crippen LogP contribution in [0.1, 0.15) is 50.5 Å². The monoisotopic (exact) mass is 664 g/mol. The molecule has 0 radical (unpaired) electrons. The summed E-state index contributed by atoms with van der Waals surface area (Å²) in [4.78, 5) is 17.8. The average molecular weight is 665 g/mol. The molecule has 1 aromatic heterocycles. The Morgan fingerprint density at radius 1 is 1.04 bits per heavy atom. The van der Waals surface area contributed by atoms with Gasteiger partial charge in [0.1, 0.15) is 11.9 Å². The normalized spacial score (nSPS) is 24.1. The quantitative estimate of drug-likeness (QED) is 0.315. The summed E-state index contributed by atoms with van der Waals surface area (Å²) < 4.78 is 47.9. The van der Waals surface area contributed by atoms with Crippen LogP contribution in [0.15, 0.2) is 65.8 Å². The molecule has 1 N–H and O–H groups in total. The van der Waals surface area contributed by atoms with Crippen LogP contribution in [0, 0.1) is 23.6 Å². The number of piperidine rings is 1. The highest BCUT2D eigenvalue weighted by atomic mass is 32.2. The molecule has 252 valence electrons. The minimum atomic E-state index is -3.17. The first-order valence-corrected chi connectivity index (χ1v) is 18.6. The second kappa shape index (κ2) is 13.2. The summed E-state index contributed by atoms with van der Waals surface area (Å²) in [6.07, 6.45) is 8.89. The third kappa shape index (κ3) is 6.50. The molecule has 2 aromatic carbocycles. The summed E-state index contributed by atoms with van der Waals surface area (Å²) in [5.41, 5.74) is 1.52. The molecule has 2 saturated carbocycles. The van der Waals surface area contributed by atoms with Crippen molar-refractivity contribution in [2.24, 2.45) is 17.8 Å². The van der Waals surface area contributed by atoms with Gasteiger partial charge in [-0.15, -0.1) is 5.10 Å². The van der Waals surface area contributed by atoms with Gasteiger partial charge in [-0.2, -0.15) is 0 Å². The molecule has 4 aliphatic rings. The van der Waals surface area contributed by atoms with E-state index in [9.17, 15) is 17.6 Å². The largest absolute Gasteiger partial charge is 0.446 e. The molecule has 0 spiro atoms. The fourth-order valence-electron chi connectivity index (χ4n) is 8.62. The highest BCUT2D eigenvalue weighted by molar-refractivity contribution is 7.92. The van der Waals surface area contributed by atoms with E-state index in [-0.39, 0.29) is 29.0 Å². The Labute approximate surface area is 276 Å². The minimum Gasteiger partial charge on any atom is -0.446 e. The number of hydrogen-bond acceptors (Lipinski definition) is 8. The summed E-state index contributed by atoms with van der Waals surface area (Å²) in [6.45, 7) is 5.34. The number of alkyl carbamates (subject to hydrolysis) is 1. The summed E-state index contributed by atoms with van der Waals surface area (Å²) in [7, 11) is -1.59. The zero-order valence-corrected chi connectivity index (χ0v) is 27.8. The molecule has 2 aliphatic carbocycles. The summed E-state index contributed by atoms with van der Waals surface area (Å²) in [5, 5.41) is 10.9. The minimum absolute atomic E-state index is 0.00758. The van der Waals surface area contributed by atoms with Gasteiger partial charge in [-0.3, -0.25) is 4.68 Å². The number of rotatable bonds is 11. The van der Waals surface area contributed by atoms with Gasteiger partial charge in [-0.25, -0.2) is 17.6 Å². The molecule has 47 heavy (non-hydrogen) atoms. The van der Waals surface area contributed by atoms with Crippen LogP contribution in [0.25, 0.3) is 0 Å². The van der Waals surface area contributed by atoms with Crippen LogP contribution in [-0.2, 0) is 26.5 Å². The van der Waals surface area contributed by atoms with E-state index in [1.54, 1.807) is 37.5 Å². The number of benzene rings is 2. The standard InChI is InChI=1S/C35H45FN6O4S/c1-37-34(43)46-33-7-3-6-32(33)35(24-42-19-16-38-39-42,27-4-2-5-28(36)20-27)26-14-17-40(18-15-26)21-25-22-41(23-25)29-8-10-30(11-9-29)47(44,45)31-12-13-31/h2,4-5,8-11,16,19-20,25-26,31-33H,3,6-7,12-15,17-18,21-24H2,1H3,(H,37,43)/t32-,33-,35?/m0/s1. The number of aromatic nitrogens is 3. The van der Waals surface area contributed by atoms with Crippen molar-refractivity contribution in [2.45, 2.75) is 73.2 Å². The van der Waals surface area contributed by atoms with E-state index < -0.39 is 21.3 Å². The lowest BCUT2D eigenvalue weighted by Gasteiger charge is -2.51. The molecular weight excluding hydrogens is 619 g/mol. The average Bonchev–Trinajstić information content (AvgIpc) is 3.63. The van der Waals surface area contributed by atoms with Crippen LogP contribution in [0.3, 0.4) is 0 Å². The molecular formula is C35H45FN6O4S. The molecule has 10 nitrogen and oxygen atoms in total. The zero-order valence-electron chi connectivity index (χ0n) is 27.0. The Hall–Kier alpha value is -3.51. The molecule has 7 rings (SSSR count). The van der Waals surface area contributed by atoms with Gasteiger partial charge in [-0.1, -0.05) is 17.3 Å². The first-order chi connectivity index (χ1) is 22.8. The number of halogens is 1. The lowest BCUT2D eigenvalue weighted by molar-refractivity contribution is 0.000246. The Kier molecular flexibility index (Phi) is 8.99. The van der Waals surface area contributed by atoms with Crippen LogP contribution >= 0.6 is 0 Å². The first-order valence-electron chi connectivity index (χ1n) is 17.1. The number of carbonyl (C=O) groups is 1.